The first-order chi connectivity index (χ1) is 13.3. The first kappa shape index (κ1) is 17.2. The molecule has 0 saturated carbocycles. The number of nitrogens with one attached hydrogen (secondary N) is 1. The molecule has 1 amide bonds. The van der Waals surface area contributed by atoms with Crippen LogP contribution < -0.4 is 15.0 Å². The summed E-state index contributed by atoms with van der Waals surface area (Å²) in [7, 11) is 1.55. The van der Waals surface area contributed by atoms with E-state index in [4.69, 9.17) is 9.47 Å². The maximum atomic E-state index is 12.6. The zero-order valence-electron chi connectivity index (χ0n) is 15.0. The maximum Gasteiger partial charge on any atom is 0.259 e. The number of hydrogen-bond acceptors (Lipinski definition) is 6. The van der Waals surface area contributed by atoms with Crippen molar-refractivity contribution in [1.29, 1.82) is 0 Å². The van der Waals surface area contributed by atoms with Crippen LogP contribution in [0.5, 0.6) is 5.75 Å². The third-order valence-corrected chi connectivity index (χ3v) is 4.54. The zero-order chi connectivity index (χ0) is 18.6. The number of nitrogens with zero attached hydrogens (tertiary/aromatic N) is 3. The van der Waals surface area contributed by atoms with Crippen molar-refractivity contribution < 1.29 is 14.3 Å². The van der Waals surface area contributed by atoms with Crippen molar-refractivity contribution in [1.82, 2.24) is 9.97 Å². The summed E-state index contributed by atoms with van der Waals surface area (Å²) < 4.78 is 10.7. The highest BCUT2D eigenvalue weighted by Gasteiger charge is 2.16. The lowest BCUT2D eigenvalue weighted by molar-refractivity contribution is 0.102. The average Bonchev–Trinajstić information content (AvgIpc) is 2.73. The number of rotatable bonds is 4. The lowest BCUT2D eigenvalue weighted by atomic mass is 10.1. The molecule has 4 rings (SSSR count). The van der Waals surface area contributed by atoms with E-state index in [0.29, 0.717) is 30.2 Å². The molecule has 0 unspecified atom stereocenters. The summed E-state index contributed by atoms with van der Waals surface area (Å²) in [6, 6.07) is 12.8. The third-order valence-electron chi connectivity index (χ3n) is 4.54. The van der Waals surface area contributed by atoms with Crippen molar-refractivity contribution in [2.75, 3.05) is 43.6 Å². The van der Waals surface area contributed by atoms with E-state index in [9.17, 15) is 4.79 Å². The summed E-state index contributed by atoms with van der Waals surface area (Å²) in [4.78, 5) is 23.6. The molecule has 0 aliphatic carbocycles. The molecule has 2 heterocycles. The van der Waals surface area contributed by atoms with Gasteiger partial charge in [-0.2, -0.15) is 0 Å². The Morgan fingerprint density at radius 2 is 1.96 bits per heavy atom. The van der Waals surface area contributed by atoms with Crippen molar-refractivity contribution >= 4 is 28.3 Å². The monoisotopic (exact) mass is 364 g/mol. The van der Waals surface area contributed by atoms with Gasteiger partial charge in [0.05, 0.1) is 31.4 Å². The number of ether oxygens (including phenoxy) is 2. The molecule has 0 atom stereocenters. The number of fused-ring (bicyclic) bond motifs is 1. The predicted molar refractivity (Wildman–Crippen MR) is 104 cm³/mol. The van der Waals surface area contributed by atoms with Crippen molar-refractivity contribution in [3.05, 3.63) is 54.4 Å². The zero-order valence-corrected chi connectivity index (χ0v) is 15.0. The topological polar surface area (TPSA) is 76.6 Å². The molecule has 1 aliphatic rings. The molecule has 3 aromatic rings. The van der Waals surface area contributed by atoms with Gasteiger partial charge in [-0.25, -0.2) is 9.97 Å². The molecule has 1 saturated heterocycles. The summed E-state index contributed by atoms with van der Waals surface area (Å²) in [6.07, 6.45) is 1.55. The molecule has 2 aromatic carbocycles. The Balaban J connectivity index is 1.61. The Hall–Kier alpha value is -3.19. The Bertz CT molecular complexity index is 970. The van der Waals surface area contributed by atoms with Crippen molar-refractivity contribution in [3.63, 3.8) is 0 Å². The molecule has 0 radical (unpaired) electrons. The quantitative estimate of drug-likeness (QED) is 0.767. The fourth-order valence-electron chi connectivity index (χ4n) is 3.18. The predicted octanol–water partition coefficient (Wildman–Crippen LogP) is 2.73. The molecular weight excluding hydrogens is 344 g/mol. The van der Waals surface area contributed by atoms with E-state index in [-0.39, 0.29) is 5.91 Å². The van der Waals surface area contributed by atoms with Gasteiger partial charge in [-0.1, -0.05) is 12.1 Å². The molecule has 138 valence electrons. The first-order valence-electron chi connectivity index (χ1n) is 8.78. The Labute approximate surface area is 156 Å². The van der Waals surface area contributed by atoms with Crippen LogP contribution >= 0.6 is 0 Å². The largest absolute Gasteiger partial charge is 0.496 e. The van der Waals surface area contributed by atoms with Crippen LogP contribution in [0.25, 0.3) is 10.9 Å². The van der Waals surface area contributed by atoms with Crippen LogP contribution in [0.3, 0.4) is 0 Å². The van der Waals surface area contributed by atoms with Gasteiger partial charge in [0.15, 0.2) is 0 Å². The lowest BCUT2D eigenvalue weighted by Gasteiger charge is -2.28. The fraction of sp³-hybridized carbons (Fsp3) is 0.250. The highest BCUT2D eigenvalue weighted by atomic mass is 16.5. The molecule has 1 fully saturated rings. The van der Waals surface area contributed by atoms with Gasteiger partial charge in [-0.3, -0.25) is 4.79 Å². The number of amides is 1. The van der Waals surface area contributed by atoms with E-state index in [2.05, 4.69) is 20.2 Å². The second-order valence-electron chi connectivity index (χ2n) is 6.18. The van der Waals surface area contributed by atoms with Gasteiger partial charge in [-0.15, -0.1) is 0 Å². The number of anilines is 2. The second kappa shape index (κ2) is 7.59. The number of methoxy groups -OCH3 is 1. The van der Waals surface area contributed by atoms with Crippen molar-refractivity contribution in [3.8, 4) is 5.75 Å². The van der Waals surface area contributed by atoms with Gasteiger partial charge in [0, 0.05) is 24.2 Å². The summed E-state index contributed by atoms with van der Waals surface area (Å²) >= 11 is 0. The van der Waals surface area contributed by atoms with Crippen LogP contribution in [-0.4, -0.2) is 49.3 Å². The maximum absolute atomic E-state index is 12.6. The minimum atomic E-state index is -0.228. The van der Waals surface area contributed by atoms with E-state index in [1.165, 1.54) is 0 Å². The van der Waals surface area contributed by atoms with E-state index in [1.807, 2.05) is 24.3 Å². The molecule has 1 aliphatic heterocycles. The van der Waals surface area contributed by atoms with E-state index in [0.717, 1.165) is 29.8 Å². The van der Waals surface area contributed by atoms with Gasteiger partial charge in [0.25, 0.3) is 5.91 Å². The Kier molecular flexibility index (Phi) is 4.84. The smallest absolute Gasteiger partial charge is 0.259 e. The Morgan fingerprint density at radius 1 is 1.15 bits per heavy atom. The molecule has 1 N–H and O–H groups in total. The first-order valence-corrected chi connectivity index (χ1v) is 8.78. The van der Waals surface area contributed by atoms with Crippen LogP contribution in [0, 0.1) is 0 Å². The Morgan fingerprint density at radius 3 is 2.78 bits per heavy atom. The van der Waals surface area contributed by atoms with Crippen LogP contribution in [0.1, 0.15) is 10.4 Å². The number of benzene rings is 2. The van der Waals surface area contributed by atoms with Crippen LogP contribution in [-0.2, 0) is 4.74 Å². The normalized spacial score (nSPS) is 14.2. The van der Waals surface area contributed by atoms with Crippen molar-refractivity contribution in [2.24, 2.45) is 0 Å². The molecule has 0 spiro atoms. The summed E-state index contributed by atoms with van der Waals surface area (Å²) in [5.41, 5.74) is 1.94. The standard InChI is InChI=1S/C20H20N4O3/c1-26-18-5-3-2-4-16(18)20(25)23-14-6-7-15-17(12-14)21-13-22-19(15)24-8-10-27-11-9-24/h2-7,12-13H,8-11H2,1H3,(H,23,25). The number of hydrogen-bond donors (Lipinski definition) is 1. The van der Waals surface area contributed by atoms with Gasteiger partial charge < -0.3 is 19.7 Å². The third kappa shape index (κ3) is 3.54. The summed E-state index contributed by atoms with van der Waals surface area (Å²) in [5, 5.41) is 3.86. The van der Waals surface area contributed by atoms with Gasteiger partial charge in [-0.05, 0) is 30.3 Å². The highest BCUT2D eigenvalue weighted by Crippen LogP contribution is 2.27. The second-order valence-corrected chi connectivity index (χ2v) is 6.18. The number of aromatic nitrogens is 2. The number of morpholine rings is 1. The van der Waals surface area contributed by atoms with E-state index in [1.54, 1.807) is 31.6 Å². The number of para-hydroxylation sites is 1. The lowest BCUT2D eigenvalue weighted by Crippen LogP contribution is -2.36. The molecule has 27 heavy (non-hydrogen) atoms. The van der Waals surface area contributed by atoms with Gasteiger partial charge in [0.1, 0.15) is 17.9 Å². The molecule has 1 aromatic heterocycles. The molecule has 0 bridgehead atoms. The van der Waals surface area contributed by atoms with E-state index < -0.39 is 0 Å². The minimum Gasteiger partial charge on any atom is -0.496 e. The van der Waals surface area contributed by atoms with E-state index >= 15 is 0 Å². The van der Waals surface area contributed by atoms with Crippen LogP contribution in [0.15, 0.2) is 48.8 Å². The van der Waals surface area contributed by atoms with Crippen LogP contribution in [0.2, 0.25) is 0 Å². The molecule has 7 heteroatoms. The van der Waals surface area contributed by atoms with Gasteiger partial charge >= 0.3 is 0 Å². The molecule has 7 nitrogen and oxygen atoms in total. The average molecular weight is 364 g/mol. The molecular formula is C20H20N4O3. The summed E-state index contributed by atoms with van der Waals surface area (Å²) in [6.45, 7) is 2.99. The van der Waals surface area contributed by atoms with Crippen LogP contribution in [0.4, 0.5) is 11.5 Å². The fourth-order valence-corrected chi connectivity index (χ4v) is 3.18. The SMILES string of the molecule is COc1ccccc1C(=O)Nc1ccc2c(N3CCOCC3)ncnc2c1. The van der Waals surface area contributed by atoms with Gasteiger partial charge in [0.2, 0.25) is 0 Å². The number of carbonyl (C=O) groups excluding carboxylic acids is 1. The minimum absolute atomic E-state index is 0.228. The summed E-state index contributed by atoms with van der Waals surface area (Å²) in [5.74, 6) is 1.20. The van der Waals surface area contributed by atoms with Crippen molar-refractivity contribution in [2.45, 2.75) is 0 Å². The number of carbonyl (C=O) groups is 1. The highest BCUT2D eigenvalue weighted by molar-refractivity contribution is 6.07.